The van der Waals surface area contributed by atoms with Crippen molar-refractivity contribution in [1.82, 2.24) is 4.57 Å². The maximum absolute atomic E-state index is 12.5. The standard InChI is InChI=1S/C18H18N2O2S/c1-14-8-9-18(12-15(14)2)23(21,22)19-16-6-5-7-17(13-16)20-10-3-4-11-20/h3-13,19H,1-2H3. The van der Waals surface area contributed by atoms with Gasteiger partial charge in [-0.3, -0.25) is 4.72 Å². The van der Waals surface area contributed by atoms with Gasteiger partial charge in [-0.2, -0.15) is 0 Å². The van der Waals surface area contributed by atoms with E-state index in [1.807, 2.05) is 61.1 Å². The Balaban J connectivity index is 1.91. The number of benzene rings is 2. The van der Waals surface area contributed by atoms with E-state index >= 15 is 0 Å². The third kappa shape index (κ3) is 3.29. The van der Waals surface area contributed by atoms with Crippen molar-refractivity contribution in [2.24, 2.45) is 0 Å². The van der Waals surface area contributed by atoms with Crippen LogP contribution in [0.3, 0.4) is 0 Å². The van der Waals surface area contributed by atoms with E-state index in [2.05, 4.69) is 4.72 Å². The van der Waals surface area contributed by atoms with Gasteiger partial charge in [0.1, 0.15) is 0 Å². The quantitative estimate of drug-likeness (QED) is 0.790. The normalized spacial score (nSPS) is 11.4. The van der Waals surface area contributed by atoms with Crippen molar-refractivity contribution in [3.8, 4) is 5.69 Å². The molecule has 0 spiro atoms. The minimum atomic E-state index is -3.60. The highest BCUT2D eigenvalue weighted by Crippen LogP contribution is 2.21. The van der Waals surface area contributed by atoms with Crippen molar-refractivity contribution in [3.63, 3.8) is 0 Å². The zero-order valence-electron chi connectivity index (χ0n) is 13.0. The zero-order valence-corrected chi connectivity index (χ0v) is 13.8. The summed E-state index contributed by atoms with van der Waals surface area (Å²) in [6.07, 6.45) is 3.83. The van der Waals surface area contributed by atoms with Gasteiger partial charge in [0.2, 0.25) is 0 Å². The van der Waals surface area contributed by atoms with Crippen LogP contribution in [0.1, 0.15) is 11.1 Å². The lowest BCUT2D eigenvalue weighted by Crippen LogP contribution is -2.13. The largest absolute Gasteiger partial charge is 0.324 e. The highest BCUT2D eigenvalue weighted by Gasteiger charge is 2.15. The molecule has 0 unspecified atom stereocenters. The summed E-state index contributed by atoms with van der Waals surface area (Å²) < 4.78 is 29.7. The van der Waals surface area contributed by atoms with Gasteiger partial charge in [-0.25, -0.2) is 8.42 Å². The molecule has 118 valence electrons. The van der Waals surface area contributed by atoms with E-state index in [1.54, 1.807) is 24.3 Å². The third-order valence-electron chi connectivity index (χ3n) is 3.79. The topological polar surface area (TPSA) is 51.1 Å². The highest BCUT2D eigenvalue weighted by molar-refractivity contribution is 7.92. The van der Waals surface area contributed by atoms with Crippen molar-refractivity contribution in [1.29, 1.82) is 0 Å². The van der Waals surface area contributed by atoms with E-state index in [4.69, 9.17) is 0 Å². The van der Waals surface area contributed by atoms with E-state index in [-0.39, 0.29) is 4.90 Å². The Kier molecular flexibility index (Phi) is 3.96. The third-order valence-corrected chi connectivity index (χ3v) is 5.17. The number of rotatable bonds is 4. The maximum Gasteiger partial charge on any atom is 0.261 e. The minimum absolute atomic E-state index is 0.270. The highest BCUT2D eigenvalue weighted by atomic mass is 32.2. The van der Waals surface area contributed by atoms with E-state index < -0.39 is 10.0 Å². The number of hydrogen-bond donors (Lipinski definition) is 1. The van der Waals surface area contributed by atoms with Gasteiger partial charge >= 0.3 is 0 Å². The predicted octanol–water partition coefficient (Wildman–Crippen LogP) is 3.89. The van der Waals surface area contributed by atoms with Crippen LogP contribution in [0.5, 0.6) is 0 Å². The summed E-state index contributed by atoms with van der Waals surface area (Å²) in [5, 5.41) is 0. The summed E-state index contributed by atoms with van der Waals surface area (Å²) in [5.74, 6) is 0. The van der Waals surface area contributed by atoms with E-state index in [0.29, 0.717) is 5.69 Å². The van der Waals surface area contributed by atoms with Crippen LogP contribution in [0.25, 0.3) is 5.69 Å². The number of anilines is 1. The Labute approximate surface area is 136 Å². The van der Waals surface area contributed by atoms with Crippen molar-refractivity contribution in [3.05, 3.63) is 78.1 Å². The number of aromatic nitrogens is 1. The van der Waals surface area contributed by atoms with Gasteiger partial charge in [0, 0.05) is 18.1 Å². The van der Waals surface area contributed by atoms with E-state index in [1.165, 1.54) is 0 Å². The summed E-state index contributed by atoms with van der Waals surface area (Å²) in [5.41, 5.74) is 3.46. The molecule has 23 heavy (non-hydrogen) atoms. The number of nitrogens with zero attached hydrogens (tertiary/aromatic N) is 1. The van der Waals surface area contributed by atoms with Crippen LogP contribution in [0.15, 0.2) is 71.9 Å². The molecule has 0 saturated carbocycles. The second kappa shape index (κ2) is 5.93. The molecule has 1 N–H and O–H groups in total. The Morgan fingerprint density at radius 2 is 1.61 bits per heavy atom. The first-order chi connectivity index (χ1) is 11.0. The lowest BCUT2D eigenvalue weighted by molar-refractivity contribution is 0.601. The number of nitrogens with one attached hydrogen (secondary N) is 1. The first kappa shape index (κ1) is 15.4. The molecule has 0 fully saturated rings. The summed E-state index contributed by atoms with van der Waals surface area (Å²) in [6, 6.07) is 16.3. The summed E-state index contributed by atoms with van der Waals surface area (Å²) in [7, 11) is -3.60. The minimum Gasteiger partial charge on any atom is -0.324 e. The van der Waals surface area contributed by atoms with Crippen LogP contribution in [-0.4, -0.2) is 13.0 Å². The smallest absolute Gasteiger partial charge is 0.261 e. The molecule has 0 bridgehead atoms. The Morgan fingerprint density at radius 3 is 2.30 bits per heavy atom. The van der Waals surface area contributed by atoms with Gasteiger partial charge < -0.3 is 4.57 Å². The van der Waals surface area contributed by atoms with Crippen LogP contribution in [0, 0.1) is 13.8 Å². The fourth-order valence-corrected chi connectivity index (χ4v) is 3.47. The first-order valence-electron chi connectivity index (χ1n) is 7.29. The fourth-order valence-electron chi connectivity index (χ4n) is 2.33. The Hall–Kier alpha value is -2.53. The molecular formula is C18H18N2O2S. The van der Waals surface area contributed by atoms with Crippen LogP contribution in [0.2, 0.25) is 0 Å². The molecular weight excluding hydrogens is 308 g/mol. The molecule has 4 nitrogen and oxygen atoms in total. The molecule has 1 heterocycles. The van der Waals surface area contributed by atoms with Crippen LogP contribution in [0.4, 0.5) is 5.69 Å². The van der Waals surface area contributed by atoms with Gasteiger partial charge in [0.15, 0.2) is 0 Å². The molecule has 0 amide bonds. The molecule has 3 aromatic rings. The maximum atomic E-state index is 12.5. The fraction of sp³-hybridized carbons (Fsp3) is 0.111. The Bertz CT molecular complexity index is 929. The summed E-state index contributed by atoms with van der Waals surface area (Å²) >= 11 is 0. The molecule has 0 atom stereocenters. The van der Waals surface area contributed by atoms with E-state index in [0.717, 1.165) is 16.8 Å². The molecule has 0 saturated heterocycles. The number of hydrogen-bond acceptors (Lipinski definition) is 2. The van der Waals surface area contributed by atoms with Gasteiger partial charge in [-0.05, 0) is 67.4 Å². The van der Waals surface area contributed by atoms with Gasteiger partial charge in [-0.1, -0.05) is 12.1 Å². The van der Waals surface area contributed by atoms with Crippen LogP contribution < -0.4 is 4.72 Å². The SMILES string of the molecule is Cc1ccc(S(=O)(=O)Nc2cccc(-n3cccc3)c2)cc1C. The average Bonchev–Trinajstić information content (AvgIpc) is 3.04. The van der Waals surface area contributed by atoms with Crippen molar-refractivity contribution in [2.75, 3.05) is 4.72 Å². The van der Waals surface area contributed by atoms with Crippen LogP contribution >= 0.6 is 0 Å². The van der Waals surface area contributed by atoms with Crippen LogP contribution in [-0.2, 0) is 10.0 Å². The second-order valence-electron chi connectivity index (χ2n) is 5.49. The monoisotopic (exact) mass is 326 g/mol. The lowest BCUT2D eigenvalue weighted by atomic mass is 10.1. The van der Waals surface area contributed by atoms with Gasteiger partial charge in [-0.15, -0.1) is 0 Å². The number of sulfonamides is 1. The summed E-state index contributed by atoms with van der Waals surface area (Å²) in [4.78, 5) is 0.270. The van der Waals surface area contributed by atoms with E-state index in [9.17, 15) is 8.42 Å². The van der Waals surface area contributed by atoms with Crippen molar-refractivity contribution >= 4 is 15.7 Å². The Morgan fingerprint density at radius 1 is 0.870 bits per heavy atom. The van der Waals surface area contributed by atoms with Gasteiger partial charge in [0.05, 0.1) is 10.6 Å². The first-order valence-corrected chi connectivity index (χ1v) is 8.77. The molecule has 0 aliphatic rings. The number of aryl methyl sites for hydroxylation is 2. The molecule has 0 radical (unpaired) electrons. The average molecular weight is 326 g/mol. The second-order valence-corrected chi connectivity index (χ2v) is 7.17. The van der Waals surface area contributed by atoms with Crippen molar-refractivity contribution < 1.29 is 8.42 Å². The van der Waals surface area contributed by atoms with Crippen molar-refractivity contribution in [2.45, 2.75) is 18.7 Å². The van der Waals surface area contributed by atoms with Gasteiger partial charge in [0.25, 0.3) is 10.0 Å². The molecule has 0 aliphatic carbocycles. The predicted molar refractivity (Wildman–Crippen MR) is 92.5 cm³/mol. The molecule has 2 aromatic carbocycles. The lowest BCUT2D eigenvalue weighted by Gasteiger charge is -2.11. The molecule has 3 rings (SSSR count). The molecule has 0 aliphatic heterocycles. The molecule has 5 heteroatoms. The molecule has 1 aromatic heterocycles. The summed E-state index contributed by atoms with van der Waals surface area (Å²) in [6.45, 7) is 3.86. The zero-order chi connectivity index (χ0) is 16.4.